The van der Waals surface area contributed by atoms with Gasteiger partial charge in [0, 0.05) is 5.92 Å². The zero-order chi connectivity index (χ0) is 23.7. The molecule has 174 valence electrons. The van der Waals surface area contributed by atoms with Gasteiger partial charge in [0.15, 0.2) is 0 Å². The van der Waals surface area contributed by atoms with Crippen molar-refractivity contribution in [3.05, 3.63) is 71.1 Å². The zero-order valence-corrected chi connectivity index (χ0v) is 16.7. The van der Waals surface area contributed by atoms with Gasteiger partial charge < -0.3 is 4.74 Å². The molecule has 0 bridgehead atoms. The third-order valence-corrected chi connectivity index (χ3v) is 5.03. The molecule has 1 fully saturated rings. The van der Waals surface area contributed by atoms with Crippen LogP contribution in [-0.4, -0.2) is 13.0 Å². The highest BCUT2D eigenvalue weighted by atomic mass is 19.4. The smallest absolute Gasteiger partial charge is 0.373 e. The van der Waals surface area contributed by atoms with E-state index in [9.17, 15) is 35.1 Å². The van der Waals surface area contributed by atoms with E-state index in [0.29, 0.717) is 25.2 Å². The first kappa shape index (κ1) is 24.2. The molecule has 1 heterocycles. The SMILES string of the molecule is CC=CC1CCC(c2cc(F)c(-c3ccc(C(F)(F)OC(F)(F)F)c(F)c3)c(F)c2)OC1. The summed E-state index contributed by atoms with van der Waals surface area (Å²) < 4.78 is 115. The van der Waals surface area contributed by atoms with E-state index in [2.05, 4.69) is 4.74 Å². The van der Waals surface area contributed by atoms with E-state index in [0.717, 1.165) is 18.6 Å². The fourth-order valence-corrected chi connectivity index (χ4v) is 3.62. The second-order valence-electron chi connectivity index (χ2n) is 7.30. The van der Waals surface area contributed by atoms with E-state index >= 15 is 0 Å². The Morgan fingerprint density at radius 3 is 2.09 bits per heavy atom. The summed E-state index contributed by atoms with van der Waals surface area (Å²) in [5.74, 6) is -3.80. The Bertz CT molecular complexity index is 969. The molecule has 0 aromatic heterocycles. The summed E-state index contributed by atoms with van der Waals surface area (Å²) in [6.07, 6.45) is -6.17. The van der Waals surface area contributed by atoms with Crippen LogP contribution in [0.3, 0.4) is 0 Å². The fraction of sp³-hybridized carbons (Fsp3) is 0.364. The van der Waals surface area contributed by atoms with Gasteiger partial charge >= 0.3 is 12.5 Å². The minimum absolute atomic E-state index is 0.200. The Hall–Kier alpha value is -2.46. The number of hydrogen-bond donors (Lipinski definition) is 0. The molecule has 0 radical (unpaired) electrons. The number of benzene rings is 2. The van der Waals surface area contributed by atoms with Crippen LogP contribution in [0.25, 0.3) is 11.1 Å². The second-order valence-corrected chi connectivity index (χ2v) is 7.30. The lowest BCUT2D eigenvalue weighted by Gasteiger charge is -2.28. The van der Waals surface area contributed by atoms with Crippen molar-refractivity contribution in [3.63, 3.8) is 0 Å². The molecule has 0 saturated carbocycles. The van der Waals surface area contributed by atoms with Gasteiger partial charge in [-0.2, -0.15) is 8.78 Å². The van der Waals surface area contributed by atoms with Crippen molar-refractivity contribution < 1.29 is 44.6 Å². The molecule has 0 amide bonds. The first-order valence-corrected chi connectivity index (χ1v) is 9.59. The highest BCUT2D eigenvalue weighted by molar-refractivity contribution is 5.66. The van der Waals surface area contributed by atoms with Crippen LogP contribution in [-0.2, 0) is 15.6 Å². The minimum Gasteiger partial charge on any atom is -0.373 e. The van der Waals surface area contributed by atoms with E-state index < -0.39 is 52.7 Å². The van der Waals surface area contributed by atoms with Crippen molar-refractivity contribution in [3.8, 4) is 11.1 Å². The van der Waals surface area contributed by atoms with Gasteiger partial charge in [-0.25, -0.2) is 17.9 Å². The molecule has 0 N–H and O–H groups in total. The van der Waals surface area contributed by atoms with Crippen LogP contribution >= 0.6 is 0 Å². The van der Waals surface area contributed by atoms with E-state index in [1.165, 1.54) is 0 Å². The molecule has 2 aromatic carbocycles. The van der Waals surface area contributed by atoms with Crippen molar-refractivity contribution >= 4 is 0 Å². The largest absolute Gasteiger partial charge is 0.527 e. The third-order valence-electron chi connectivity index (χ3n) is 5.03. The van der Waals surface area contributed by atoms with Crippen molar-refractivity contribution in [2.24, 2.45) is 5.92 Å². The predicted molar refractivity (Wildman–Crippen MR) is 99.0 cm³/mol. The Labute approximate surface area is 178 Å². The zero-order valence-electron chi connectivity index (χ0n) is 16.7. The normalized spacial score (nSPS) is 20.2. The average molecular weight is 466 g/mol. The molecule has 0 spiro atoms. The van der Waals surface area contributed by atoms with Crippen molar-refractivity contribution in [2.75, 3.05) is 6.61 Å². The average Bonchev–Trinajstić information content (AvgIpc) is 2.66. The van der Waals surface area contributed by atoms with Crippen molar-refractivity contribution in [2.45, 2.75) is 38.3 Å². The van der Waals surface area contributed by atoms with Gasteiger partial charge in [0.2, 0.25) is 0 Å². The molecule has 10 heteroatoms. The van der Waals surface area contributed by atoms with E-state index in [1.807, 2.05) is 19.1 Å². The maximum Gasteiger partial charge on any atom is 0.527 e. The second kappa shape index (κ2) is 9.19. The maximum absolute atomic E-state index is 14.7. The standard InChI is InChI=1S/C22H18F8O2/c1-2-3-12-4-7-19(31-11-12)14-9-17(24)20(18(25)10-14)13-5-6-15(16(23)8-13)21(26,27)32-22(28,29)30/h2-3,5-6,8-10,12,19H,4,7,11H2,1H3. The summed E-state index contributed by atoms with van der Waals surface area (Å²) in [4.78, 5) is 0. The highest BCUT2D eigenvalue weighted by Gasteiger charge is 2.47. The van der Waals surface area contributed by atoms with Crippen LogP contribution in [0.1, 0.15) is 37.0 Å². The molecule has 32 heavy (non-hydrogen) atoms. The minimum atomic E-state index is -5.73. The van der Waals surface area contributed by atoms with Crippen LogP contribution in [0.2, 0.25) is 0 Å². The quantitative estimate of drug-likeness (QED) is 0.338. The van der Waals surface area contributed by atoms with Crippen molar-refractivity contribution in [1.82, 2.24) is 0 Å². The van der Waals surface area contributed by atoms with Gasteiger partial charge in [-0.05, 0) is 55.2 Å². The molecule has 2 unspecified atom stereocenters. The molecule has 0 aliphatic carbocycles. The van der Waals surface area contributed by atoms with Crippen LogP contribution in [0, 0.1) is 23.4 Å². The molecular formula is C22H18F8O2. The Morgan fingerprint density at radius 1 is 0.938 bits per heavy atom. The number of allylic oxidation sites excluding steroid dienone is 1. The molecule has 1 aliphatic heterocycles. The first-order chi connectivity index (χ1) is 14.9. The summed E-state index contributed by atoms with van der Waals surface area (Å²) in [5.41, 5.74) is -2.66. The van der Waals surface area contributed by atoms with E-state index in [4.69, 9.17) is 4.74 Å². The number of alkyl halides is 5. The van der Waals surface area contributed by atoms with E-state index in [-0.39, 0.29) is 17.5 Å². The van der Waals surface area contributed by atoms with E-state index in [1.54, 1.807) is 0 Å². The van der Waals surface area contributed by atoms with Gasteiger partial charge in [0.25, 0.3) is 0 Å². The first-order valence-electron chi connectivity index (χ1n) is 9.59. The van der Waals surface area contributed by atoms with Gasteiger partial charge in [-0.1, -0.05) is 18.2 Å². The van der Waals surface area contributed by atoms with Gasteiger partial charge in [-0.3, -0.25) is 0 Å². The Kier molecular flexibility index (Phi) is 6.94. The van der Waals surface area contributed by atoms with Crippen LogP contribution in [0.4, 0.5) is 35.1 Å². The summed E-state index contributed by atoms with van der Waals surface area (Å²) in [6.45, 7) is 2.25. The fourth-order valence-electron chi connectivity index (χ4n) is 3.62. The van der Waals surface area contributed by atoms with Gasteiger partial charge in [-0.15, -0.1) is 13.2 Å². The van der Waals surface area contributed by atoms with Gasteiger partial charge in [0.1, 0.15) is 17.5 Å². The lowest BCUT2D eigenvalue weighted by atomic mass is 9.92. The molecule has 1 saturated heterocycles. The predicted octanol–water partition coefficient (Wildman–Crippen LogP) is 7.40. The Balaban J connectivity index is 1.87. The van der Waals surface area contributed by atoms with Crippen LogP contribution in [0.15, 0.2) is 42.5 Å². The number of halogens is 8. The summed E-state index contributed by atoms with van der Waals surface area (Å²) >= 11 is 0. The third kappa shape index (κ3) is 5.47. The number of ether oxygens (including phenoxy) is 2. The van der Waals surface area contributed by atoms with Crippen LogP contribution in [0.5, 0.6) is 0 Å². The number of rotatable bonds is 5. The molecule has 2 aromatic rings. The summed E-state index contributed by atoms with van der Waals surface area (Å²) in [5, 5.41) is 0. The molecule has 3 rings (SSSR count). The maximum atomic E-state index is 14.7. The molecular weight excluding hydrogens is 448 g/mol. The summed E-state index contributed by atoms with van der Waals surface area (Å²) in [7, 11) is 0. The topological polar surface area (TPSA) is 18.5 Å². The lowest BCUT2D eigenvalue weighted by molar-refractivity contribution is -0.432. The molecule has 1 aliphatic rings. The highest BCUT2D eigenvalue weighted by Crippen LogP contribution is 2.40. The Morgan fingerprint density at radius 2 is 1.59 bits per heavy atom. The molecule has 2 atom stereocenters. The lowest BCUT2D eigenvalue weighted by Crippen LogP contribution is -2.28. The van der Waals surface area contributed by atoms with Crippen LogP contribution < -0.4 is 0 Å². The summed E-state index contributed by atoms with van der Waals surface area (Å²) in [6, 6.07) is 3.31. The van der Waals surface area contributed by atoms with Gasteiger partial charge in [0.05, 0.1) is 23.8 Å². The monoisotopic (exact) mass is 466 g/mol. The molecule has 2 nitrogen and oxygen atoms in total. The van der Waals surface area contributed by atoms with Crippen molar-refractivity contribution in [1.29, 1.82) is 0 Å². The number of hydrogen-bond acceptors (Lipinski definition) is 2.